The standard InChI is InChI=1S/C18H16FN3O3/c1-2-14(25-18(20)24)16-21-13-10-6-9-12(19)15(13)17(23)22(16)11-7-4-3-5-8-11/h3-10,14H,2H2,1H3,(H2,20,24)/t14-/m0/s1. The Kier molecular flexibility index (Phi) is 4.47. The van der Waals surface area contributed by atoms with Gasteiger partial charge in [0.2, 0.25) is 0 Å². The van der Waals surface area contributed by atoms with Gasteiger partial charge in [-0.05, 0) is 30.7 Å². The monoisotopic (exact) mass is 341 g/mol. The second-order valence-electron chi connectivity index (χ2n) is 5.41. The molecule has 1 atom stereocenters. The van der Waals surface area contributed by atoms with E-state index in [2.05, 4.69) is 4.98 Å². The predicted molar refractivity (Wildman–Crippen MR) is 91.0 cm³/mol. The largest absolute Gasteiger partial charge is 0.438 e. The van der Waals surface area contributed by atoms with Crippen LogP contribution in [0.15, 0.2) is 53.3 Å². The lowest BCUT2D eigenvalue weighted by Gasteiger charge is -2.20. The number of hydrogen-bond acceptors (Lipinski definition) is 4. The van der Waals surface area contributed by atoms with Crippen molar-refractivity contribution in [1.82, 2.24) is 9.55 Å². The summed E-state index contributed by atoms with van der Waals surface area (Å²) in [4.78, 5) is 28.6. The van der Waals surface area contributed by atoms with Crippen molar-refractivity contribution in [2.24, 2.45) is 5.73 Å². The molecule has 1 aromatic heterocycles. The maximum Gasteiger partial charge on any atom is 0.405 e. The number of ether oxygens (including phenoxy) is 1. The Morgan fingerprint density at radius 3 is 2.60 bits per heavy atom. The number of fused-ring (bicyclic) bond motifs is 1. The molecule has 0 spiro atoms. The Hall–Kier alpha value is -3.22. The number of primary amides is 1. The van der Waals surface area contributed by atoms with Crippen molar-refractivity contribution >= 4 is 17.0 Å². The van der Waals surface area contributed by atoms with E-state index in [1.165, 1.54) is 22.8 Å². The molecule has 1 heterocycles. The van der Waals surface area contributed by atoms with Crippen LogP contribution in [0.3, 0.4) is 0 Å². The molecular weight excluding hydrogens is 325 g/mol. The molecule has 3 aromatic rings. The Morgan fingerprint density at radius 2 is 1.96 bits per heavy atom. The average molecular weight is 341 g/mol. The van der Waals surface area contributed by atoms with E-state index in [-0.39, 0.29) is 16.7 Å². The zero-order valence-electron chi connectivity index (χ0n) is 13.5. The number of rotatable bonds is 4. The molecule has 0 saturated carbocycles. The highest BCUT2D eigenvalue weighted by atomic mass is 19.1. The first-order valence-electron chi connectivity index (χ1n) is 7.75. The normalized spacial score (nSPS) is 12.1. The van der Waals surface area contributed by atoms with Gasteiger partial charge in [0.25, 0.3) is 5.56 Å². The number of nitrogens with zero attached hydrogens (tertiary/aromatic N) is 2. The summed E-state index contributed by atoms with van der Waals surface area (Å²) in [5.41, 5.74) is 5.25. The quantitative estimate of drug-likeness (QED) is 0.790. The summed E-state index contributed by atoms with van der Waals surface area (Å²) in [6, 6.07) is 12.9. The Labute approximate surface area is 142 Å². The van der Waals surface area contributed by atoms with Crippen LogP contribution in [0.5, 0.6) is 0 Å². The maximum atomic E-state index is 14.2. The van der Waals surface area contributed by atoms with Crippen molar-refractivity contribution < 1.29 is 13.9 Å². The van der Waals surface area contributed by atoms with Crippen LogP contribution in [-0.4, -0.2) is 15.6 Å². The number of carbonyl (C=O) groups excluding carboxylic acids is 1. The fourth-order valence-corrected chi connectivity index (χ4v) is 2.71. The second kappa shape index (κ2) is 6.72. The smallest absolute Gasteiger partial charge is 0.405 e. The van der Waals surface area contributed by atoms with E-state index in [0.717, 1.165) is 0 Å². The lowest BCUT2D eigenvalue weighted by atomic mass is 10.2. The van der Waals surface area contributed by atoms with E-state index in [1.807, 2.05) is 0 Å². The van der Waals surface area contributed by atoms with Gasteiger partial charge < -0.3 is 10.5 Å². The molecule has 0 saturated heterocycles. The van der Waals surface area contributed by atoms with Crippen molar-refractivity contribution in [3.63, 3.8) is 0 Å². The van der Waals surface area contributed by atoms with Gasteiger partial charge in [0, 0.05) is 0 Å². The number of benzene rings is 2. The SMILES string of the molecule is CC[C@H](OC(N)=O)c1nc2cccc(F)c2c(=O)n1-c1ccccc1. The number of amides is 1. The van der Waals surface area contributed by atoms with Gasteiger partial charge in [0.05, 0.1) is 11.2 Å². The van der Waals surface area contributed by atoms with Crippen LogP contribution in [0.2, 0.25) is 0 Å². The van der Waals surface area contributed by atoms with Gasteiger partial charge >= 0.3 is 6.09 Å². The molecule has 1 amide bonds. The molecule has 0 fully saturated rings. The van der Waals surface area contributed by atoms with Crippen molar-refractivity contribution in [2.45, 2.75) is 19.4 Å². The van der Waals surface area contributed by atoms with Crippen molar-refractivity contribution in [1.29, 1.82) is 0 Å². The molecule has 0 aliphatic heterocycles. The van der Waals surface area contributed by atoms with Gasteiger partial charge in [-0.15, -0.1) is 0 Å². The number of halogens is 1. The zero-order valence-corrected chi connectivity index (χ0v) is 13.5. The van der Waals surface area contributed by atoms with Crippen molar-refractivity contribution in [2.75, 3.05) is 0 Å². The van der Waals surface area contributed by atoms with Gasteiger partial charge in [-0.1, -0.05) is 31.2 Å². The molecule has 2 N–H and O–H groups in total. The first-order chi connectivity index (χ1) is 12.0. The first-order valence-corrected chi connectivity index (χ1v) is 7.75. The summed E-state index contributed by atoms with van der Waals surface area (Å²) in [5, 5.41) is -0.121. The van der Waals surface area contributed by atoms with Crippen LogP contribution in [-0.2, 0) is 4.74 Å². The minimum absolute atomic E-state index is 0.121. The Morgan fingerprint density at radius 1 is 1.24 bits per heavy atom. The van der Waals surface area contributed by atoms with E-state index >= 15 is 0 Å². The lowest BCUT2D eigenvalue weighted by molar-refractivity contribution is 0.0976. The molecule has 6 nitrogen and oxygen atoms in total. The minimum atomic E-state index is -0.972. The van der Waals surface area contributed by atoms with Crippen LogP contribution in [0.4, 0.5) is 9.18 Å². The molecule has 7 heteroatoms. The van der Waals surface area contributed by atoms with E-state index in [9.17, 15) is 14.0 Å². The Balaban J connectivity index is 2.38. The van der Waals surface area contributed by atoms with Crippen LogP contribution in [0, 0.1) is 5.82 Å². The first kappa shape index (κ1) is 16.6. The number of para-hydroxylation sites is 1. The molecule has 3 rings (SSSR count). The predicted octanol–water partition coefficient (Wildman–Crippen LogP) is 3.07. The van der Waals surface area contributed by atoms with E-state index in [1.54, 1.807) is 37.3 Å². The summed E-state index contributed by atoms with van der Waals surface area (Å²) in [5.74, 6) is -0.467. The number of aromatic nitrogens is 2. The third kappa shape index (κ3) is 3.08. The van der Waals surface area contributed by atoms with Crippen LogP contribution >= 0.6 is 0 Å². The van der Waals surface area contributed by atoms with Crippen LogP contribution in [0.1, 0.15) is 25.3 Å². The van der Waals surface area contributed by atoms with E-state index in [4.69, 9.17) is 10.5 Å². The van der Waals surface area contributed by atoms with Crippen LogP contribution in [0.25, 0.3) is 16.6 Å². The topological polar surface area (TPSA) is 87.2 Å². The molecule has 0 aliphatic carbocycles. The average Bonchev–Trinajstić information content (AvgIpc) is 2.60. The summed E-state index contributed by atoms with van der Waals surface area (Å²) in [7, 11) is 0. The zero-order chi connectivity index (χ0) is 18.0. The molecule has 2 aromatic carbocycles. The fraction of sp³-hybridized carbons (Fsp3) is 0.167. The third-order valence-electron chi connectivity index (χ3n) is 3.80. The van der Waals surface area contributed by atoms with Gasteiger partial charge in [-0.3, -0.25) is 9.36 Å². The number of hydrogen-bond donors (Lipinski definition) is 1. The highest BCUT2D eigenvalue weighted by molar-refractivity contribution is 5.78. The Bertz CT molecular complexity index is 986. The van der Waals surface area contributed by atoms with Gasteiger partial charge in [-0.2, -0.15) is 0 Å². The minimum Gasteiger partial charge on any atom is -0.438 e. The van der Waals surface area contributed by atoms with Crippen molar-refractivity contribution in [3.8, 4) is 5.69 Å². The maximum absolute atomic E-state index is 14.2. The third-order valence-corrected chi connectivity index (χ3v) is 3.80. The highest BCUT2D eigenvalue weighted by Crippen LogP contribution is 2.24. The van der Waals surface area contributed by atoms with Crippen molar-refractivity contribution in [3.05, 3.63) is 70.5 Å². The number of nitrogens with two attached hydrogens (primary N) is 1. The summed E-state index contributed by atoms with van der Waals surface area (Å²) < 4.78 is 20.6. The molecular formula is C18H16FN3O3. The summed E-state index contributed by atoms with van der Waals surface area (Å²) >= 11 is 0. The summed E-state index contributed by atoms with van der Waals surface area (Å²) in [6.07, 6.45) is -1.46. The number of carbonyl (C=O) groups is 1. The van der Waals surface area contributed by atoms with Gasteiger partial charge in [-0.25, -0.2) is 14.2 Å². The molecule has 0 aliphatic rings. The molecule has 0 radical (unpaired) electrons. The summed E-state index contributed by atoms with van der Waals surface area (Å²) in [6.45, 7) is 1.77. The van der Waals surface area contributed by atoms with Gasteiger partial charge in [0.15, 0.2) is 11.9 Å². The molecule has 128 valence electrons. The van der Waals surface area contributed by atoms with Crippen LogP contribution < -0.4 is 11.3 Å². The fourth-order valence-electron chi connectivity index (χ4n) is 2.71. The lowest BCUT2D eigenvalue weighted by Crippen LogP contribution is -2.28. The van der Waals surface area contributed by atoms with E-state index in [0.29, 0.717) is 12.1 Å². The molecule has 0 bridgehead atoms. The molecule has 25 heavy (non-hydrogen) atoms. The molecule has 0 unspecified atom stereocenters. The van der Waals surface area contributed by atoms with Gasteiger partial charge in [0.1, 0.15) is 11.2 Å². The highest BCUT2D eigenvalue weighted by Gasteiger charge is 2.23. The second-order valence-corrected chi connectivity index (χ2v) is 5.41. The van der Waals surface area contributed by atoms with E-state index < -0.39 is 23.6 Å².